The Labute approximate surface area is 70.2 Å². The zero-order valence-electron chi connectivity index (χ0n) is 6.60. The molecule has 1 unspecified atom stereocenters. The summed E-state index contributed by atoms with van der Waals surface area (Å²) in [6.45, 7) is 3.21. The summed E-state index contributed by atoms with van der Waals surface area (Å²) in [5.41, 5.74) is 0. The van der Waals surface area contributed by atoms with Crippen molar-refractivity contribution < 1.29 is 24.5 Å². The Morgan fingerprint density at radius 1 is 1.67 bits per heavy atom. The summed E-state index contributed by atoms with van der Waals surface area (Å²) in [7, 11) is 0. The summed E-state index contributed by atoms with van der Waals surface area (Å²) >= 11 is 0. The first-order valence-corrected chi connectivity index (χ1v) is 3.39. The van der Waals surface area contributed by atoms with Gasteiger partial charge in [-0.2, -0.15) is 0 Å². The van der Waals surface area contributed by atoms with E-state index in [-0.39, 0.29) is 19.8 Å². The molecule has 0 aliphatic rings. The number of hydrogen-bond acceptors (Lipinski definition) is 4. The van der Waals surface area contributed by atoms with Gasteiger partial charge in [-0.15, -0.1) is 6.58 Å². The summed E-state index contributed by atoms with van der Waals surface area (Å²) in [4.78, 5) is 9.91. The first-order valence-electron chi connectivity index (χ1n) is 3.39. The third-order valence-electron chi connectivity index (χ3n) is 1.05. The number of aliphatic hydroxyl groups excluding tert-OH is 1. The van der Waals surface area contributed by atoms with E-state index in [9.17, 15) is 4.79 Å². The first-order chi connectivity index (χ1) is 5.70. The zero-order valence-corrected chi connectivity index (χ0v) is 6.60. The fourth-order valence-electron chi connectivity index (χ4n) is 0.522. The fourth-order valence-corrected chi connectivity index (χ4v) is 0.522. The lowest BCUT2D eigenvalue weighted by molar-refractivity contribution is -0.0227. The lowest BCUT2D eigenvalue weighted by Crippen LogP contribution is -2.25. The van der Waals surface area contributed by atoms with E-state index in [1.807, 2.05) is 0 Å². The Morgan fingerprint density at radius 2 is 2.33 bits per heavy atom. The van der Waals surface area contributed by atoms with Crippen LogP contribution in [0.2, 0.25) is 0 Å². The second kappa shape index (κ2) is 6.63. The molecule has 0 rings (SSSR count). The second-order valence-corrected chi connectivity index (χ2v) is 2.00. The van der Waals surface area contributed by atoms with E-state index in [1.54, 1.807) is 0 Å². The number of hydrogen-bond donors (Lipinski definition) is 2. The van der Waals surface area contributed by atoms with Gasteiger partial charge in [0.25, 0.3) is 0 Å². The number of carboxylic acid groups (broad SMARTS) is 1. The summed E-state index contributed by atoms with van der Waals surface area (Å²) in [5, 5.41) is 16.7. The molecule has 0 aromatic heterocycles. The Bertz CT molecular complexity index is 145. The molecule has 0 saturated heterocycles. The van der Waals surface area contributed by atoms with Gasteiger partial charge < -0.3 is 19.7 Å². The predicted molar refractivity (Wildman–Crippen MR) is 41.0 cm³/mol. The normalized spacial score (nSPS) is 12.1. The van der Waals surface area contributed by atoms with Crippen molar-refractivity contribution in [2.75, 3.05) is 19.8 Å². The fraction of sp³-hybridized carbons (Fsp3) is 0.571. The van der Waals surface area contributed by atoms with Gasteiger partial charge in [0.05, 0.1) is 13.2 Å². The third-order valence-corrected chi connectivity index (χ3v) is 1.05. The smallest absolute Gasteiger partial charge is 0.450 e. The molecule has 0 amide bonds. The topological polar surface area (TPSA) is 76.0 Å². The van der Waals surface area contributed by atoms with Gasteiger partial charge in [0, 0.05) is 0 Å². The van der Waals surface area contributed by atoms with Crippen LogP contribution in [0.5, 0.6) is 0 Å². The lowest BCUT2D eigenvalue weighted by atomic mass is 10.4. The number of ether oxygens (including phenoxy) is 2. The van der Waals surface area contributed by atoms with E-state index in [0.717, 1.165) is 0 Å². The minimum atomic E-state index is -1.38. The summed E-state index contributed by atoms with van der Waals surface area (Å²) in [6.07, 6.45) is -0.488. The van der Waals surface area contributed by atoms with Crippen molar-refractivity contribution in [2.24, 2.45) is 0 Å². The van der Waals surface area contributed by atoms with Crippen molar-refractivity contribution >= 4 is 6.16 Å². The standard InChI is InChI=1S/C7H12O5/c1-2-3-11-6(4-8)5-12-7(9)10/h2,6,8H,1,3-5H2,(H,9,10). The van der Waals surface area contributed by atoms with Crippen molar-refractivity contribution in [1.29, 1.82) is 0 Å². The van der Waals surface area contributed by atoms with E-state index in [0.29, 0.717) is 0 Å². The van der Waals surface area contributed by atoms with Crippen LogP contribution in [0.3, 0.4) is 0 Å². The quantitative estimate of drug-likeness (QED) is 0.448. The van der Waals surface area contributed by atoms with Gasteiger partial charge in [0.15, 0.2) is 0 Å². The average Bonchev–Trinajstić information content (AvgIpc) is 2.05. The molecule has 0 heterocycles. The summed E-state index contributed by atoms with van der Waals surface area (Å²) < 4.78 is 9.12. The van der Waals surface area contributed by atoms with Crippen LogP contribution >= 0.6 is 0 Å². The van der Waals surface area contributed by atoms with Crippen LogP contribution in [-0.2, 0) is 9.47 Å². The number of aliphatic hydroxyl groups is 1. The highest BCUT2D eigenvalue weighted by Gasteiger charge is 2.09. The van der Waals surface area contributed by atoms with Crippen LogP contribution in [0.15, 0.2) is 12.7 Å². The minimum absolute atomic E-state index is 0.167. The highest BCUT2D eigenvalue weighted by molar-refractivity contribution is 5.56. The van der Waals surface area contributed by atoms with Gasteiger partial charge in [-0.3, -0.25) is 0 Å². The Morgan fingerprint density at radius 3 is 2.75 bits per heavy atom. The molecule has 0 saturated carbocycles. The van der Waals surface area contributed by atoms with Crippen LogP contribution in [-0.4, -0.2) is 42.3 Å². The maximum Gasteiger partial charge on any atom is 0.505 e. The van der Waals surface area contributed by atoms with Crippen molar-refractivity contribution in [1.82, 2.24) is 0 Å². The maximum absolute atomic E-state index is 9.91. The molecule has 1 atom stereocenters. The Kier molecular flexibility index (Phi) is 6.04. The molecule has 0 aromatic carbocycles. The van der Waals surface area contributed by atoms with E-state index in [1.165, 1.54) is 6.08 Å². The Hall–Kier alpha value is -1.07. The lowest BCUT2D eigenvalue weighted by Gasteiger charge is -2.12. The van der Waals surface area contributed by atoms with Gasteiger partial charge in [-0.1, -0.05) is 6.08 Å². The molecule has 0 aromatic rings. The van der Waals surface area contributed by atoms with Crippen LogP contribution in [0.4, 0.5) is 4.79 Å². The molecule has 0 aliphatic carbocycles. The molecular formula is C7H12O5. The molecule has 0 bridgehead atoms. The van der Waals surface area contributed by atoms with E-state index < -0.39 is 12.3 Å². The predicted octanol–water partition coefficient (Wildman–Crippen LogP) is 0.244. The van der Waals surface area contributed by atoms with Crippen LogP contribution < -0.4 is 0 Å². The third kappa shape index (κ3) is 5.70. The van der Waals surface area contributed by atoms with Crippen LogP contribution in [0, 0.1) is 0 Å². The van der Waals surface area contributed by atoms with Crippen molar-refractivity contribution in [3.63, 3.8) is 0 Å². The Balaban J connectivity index is 3.52. The zero-order chi connectivity index (χ0) is 9.40. The van der Waals surface area contributed by atoms with Gasteiger partial charge in [0.1, 0.15) is 12.7 Å². The van der Waals surface area contributed by atoms with Crippen molar-refractivity contribution in [3.05, 3.63) is 12.7 Å². The molecule has 0 aliphatic heterocycles. The number of carbonyl (C=O) groups is 1. The summed E-state index contributed by atoms with van der Waals surface area (Å²) in [5.74, 6) is 0. The molecule has 5 nitrogen and oxygen atoms in total. The maximum atomic E-state index is 9.91. The summed E-state index contributed by atoms with van der Waals surface area (Å²) in [6, 6.07) is 0. The average molecular weight is 176 g/mol. The van der Waals surface area contributed by atoms with Crippen molar-refractivity contribution in [3.8, 4) is 0 Å². The molecule has 0 radical (unpaired) electrons. The number of rotatable bonds is 6. The molecular weight excluding hydrogens is 164 g/mol. The highest BCUT2D eigenvalue weighted by Crippen LogP contribution is 1.92. The van der Waals surface area contributed by atoms with Crippen molar-refractivity contribution in [2.45, 2.75) is 6.10 Å². The van der Waals surface area contributed by atoms with Crippen LogP contribution in [0.25, 0.3) is 0 Å². The largest absolute Gasteiger partial charge is 0.505 e. The first kappa shape index (κ1) is 10.9. The minimum Gasteiger partial charge on any atom is -0.450 e. The van der Waals surface area contributed by atoms with E-state index in [2.05, 4.69) is 11.3 Å². The second-order valence-electron chi connectivity index (χ2n) is 2.00. The van der Waals surface area contributed by atoms with Gasteiger partial charge in [-0.05, 0) is 0 Å². The molecule has 70 valence electrons. The van der Waals surface area contributed by atoms with E-state index in [4.69, 9.17) is 14.9 Å². The van der Waals surface area contributed by atoms with Gasteiger partial charge in [0.2, 0.25) is 0 Å². The highest BCUT2D eigenvalue weighted by atomic mass is 16.7. The van der Waals surface area contributed by atoms with E-state index >= 15 is 0 Å². The molecule has 12 heavy (non-hydrogen) atoms. The monoisotopic (exact) mass is 176 g/mol. The molecule has 2 N–H and O–H groups in total. The molecule has 0 spiro atoms. The van der Waals surface area contributed by atoms with Gasteiger partial charge >= 0.3 is 6.16 Å². The SMILES string of the molecule is C=CCOC(CO)COC(=O)O. The van der Waals surface area contributed by atoms with Gasteiger partial charge in [-0.25, -0.2) is 4.79 Å². The molecule has 5 heteroatoms. The molecule has 0 fully saturated rings. The van der Waals surface area contributed by atoms with Crippen LogP contribution in [0.1, 0.15) is 0 Å².